The van der Waals surface area contributed by atoms with Gasteiger partial charge >= 0.3 is 12.3 Å². The molecule has 1 heterocycles. The van der Waals surface area contributed by atoms with E-state index in [4.69, 9.17) is 5.11 Å². The van der Waals surface area contributed by atoms with Crippen molar-refractivity contribution in [3.8, 4) is 0 Å². The number of rotatable bonds is 3. The van der Waals surface area contributed by atoms with Crippen molar-refractivity contribution < 1.29 is 27.9 Å². The van der Waals surface area contributed by atoms with Crippen LogP contribution in [0.3, 0.4) is 0 Å². The number of benzene rings is 2. The minimum absolute atomic E-state index is 0.0603. The van der Waals surface area contributed by atoms with Crippen LogP contribution < -0.4 is 16.0 Å². The van der Waals surface area contributed by atoms with Crippen molar-refractivity contribution in [1.29, 1.82) is 0 Å². The number of hydrogen-bond donors (Lipinski definition) is 4. The van der Waals surface area contributed by atoms with Gasteiger partial charge in [-0.1, -0.05) is 30.3 Å². The van der Waals surface area contributed by atoms with Gasteiger partial charge in [0.05, 0.1) is 22.6 Å². The molecule has 1 aliphatic carbocycles. The second-order valence-electron chi connectivity index (χ2n) is 7.62. The van der Waals surface area contributed by atoms with Gasteiger partial charge < -0.3 is 21.1 Å². The molecule has 4 rings (SSSR count). The predicted octanol–water partition coefficient (Wildman–Crippen LogP) is 5.68. The molecule has 1 saturated carbocycles. The molecule has 2 amide bonds. The van der Waals surface area contributed by atoms with E-state index in [1.54, 1.807) is 6.07 Å². The average Bonchev–Trinajstić information content (AvgIpc) is 2.71. The Morgan fingerprint density at radius 3 is 2.65 bits per heavy atom. The average molecular weight is 451 g/mol. The van der Waals surface area contributed by atoms with Crippen LogP contribution in [-0.4, -0.2) is 23.1 Å². The van der Waals surface area contributed by atoms with E-state index < -0.39 is 29.7 Å². The number of nitrogens with one attached hydrogen (secondary N) is 3. The Labute approximate surface area is 180 Å². The summed E-state index contributed by atoms with van der Waals surface area (Å²) in [4.78, 5) is 25.0. The highest BCUT2D eigenvalue weighted by molar-refractivity contribution is 7.99. The summed E-state index contributed by atoms with van der Waals surface area (Å²) in [5.41, 5.74) is 0.383. The van der Waals surface area contributed by atoms with Gasteiger partial charge in [-0.2, -0.15) is 13.2 Å². The molecule has 1 fully saturated rings. The fourth-order valence-electron chi connectivity index (χ4n) is 3.97. The molecule has 0 bridgehead atoms. The molecule has 0 saturated heterocycles. The number of alkyl halides is 3. The molecule has 6 nitrogen and oxygen atoms in total. The summed E-state index contributed by atoms with van der Waals surface area (Å²) in [6, 6.07) is 8.92. The first-order valence-electron chi connectivity index (χ1n) is 9.80. The van der Waals surface area contributed by atoms with Crippen LogP contribution in [0.4, 0.5) is 35.0 Å². The number of halogens is 3. The second kappa shape index (κ2) is 8.33. The maximum absolute atomic E-state index is 13.5. The summed E-state index contributed by atoms with van der Waals surface area (Å²) < 4.78 is 40.5. The van der Waals surface area contributed by atoms with Crippen LogP contribution in [0, 0.1) is 5.92 Å². The number of fused-ring (bicyclic) bond motifs is 2. The third-order valence-electron chi connectivity index (χ3n) is 5.43. The van der Waals surface area contributed by atoms with E-state index in [0.29, 0.717) is 36.3 Å². The van der Waals surface area contributed by atoms with E-state index in [-0.39, 0.29) is 11.7 Å². The van der Waals surface area contributed by atoms with E-state index in [1.807, 2.05) is 18.2 Å². The lowest BCUT2D eigenvalue weighted by Gasteiger charge is -2.29. The normalized spacial score (nSPS) is 20.1. The fraction of sp³-hybridized carbons (Fsp3) is 0.333. The number of hydrogen-bond acceptors (Lipinski definition) is 4. The monoisotopic (exact) mass is 451 g/mol. The Kier molecular flexibility index (Phi) is 5.74. The molecule has 2 unspecified atom stereocenters. The minimum Gasteiger partial charge on any atom is -0.465 e. The van der Waals surface area contributed by atoms with Gasteiger partial charge in [-0.25, -0.2) is 4.79 Å². The van der Waals surface area contributed by atoms with Gasteiger partial charge in [-0.15, -0.1) is 0 Å². The van der Waals surface area contributed by atoms with Gasteiger partial charge in [0, 0.05) is 21.8 Å². The molecule has 2 aromatic carbocycles. The molecule has 0 spiro atoms. The van der Waals surface area contributed by atoms with Crippen molar-refractivity contribution in [2.45, 2.75) is 47.7 Å². The Balaban J connectivity index is 1.62. The van der Waals surface area contributed by atoms with Crippen LogP contribution in [0.5, 0.6) is 0 Å². The SMILES string of the molecule is O=C(O)NC1CCCC(C(=O)Nc2cc(C(F)(F)F)cc3c2Nc2ccccc2S3)C1. The molecule has 2 aliphatic rings. The highest BCUT2D eigenvalue weighted by Gasteiger charge is 2.34. The highest BCUT2D eigenvalue weighted by Crippen LogP contribution is 2.49. The number of carbonyl (C=O) groups excluding carboxylic acids is 1. The minimum atomic E-state index is -4.56. The van der Waals surface area contributed by atoms with Crippen molar-refractivity contribution in [2.75, 3.05) is 10.6 Å². The predicted molar refractivity (Wildman–Crippen MR) is 111 cm³/mol. The Morgan fingerprint density at radius 1 is 1.13 bits per heavy atom. The zero-order valence-corrected chi connectivity index (χ0v) is 17.1. The number of amides is 2. The molecule has 2 aromatic rings. The smallest absolute Gasteiger partial charge is 0.416 e. The fourth-order valence-corrected chi connectivity index (χ4v) is 5.03. The van der Waals surface area contributed by atoms with Gasteiger partial charge in [-0.05, 0) is 43.5 Å². The van der Waals surface area contributed by atoms with Crippen LogP contribution in [0.15, 0.2) is 46.2 Å². The summed E-state index contributed by atoms with van der Waals surface area (Å²) >= 11 is 1.21. The Bertz CT molecular complexity index is 1030. The lowest BCUT2D eigenvalue weighted by molar-refractivity contribution is -0.137. The van der Waals surface area contributed by atoms with Crippen molar-refractivity contribution >= 4 is 40.8 Å². The number of anilines is 3. The first-order chi connectivity index (χ1) is 14.7. The topological polar surface area (TPSA) is 90.5 Å². The van der Waals surface area contributed by atoms with Crippen LogP contribution >= 0.6 is 11.8 Å². The molecule has 0 radical (unpaired) electrons. The first kappa shape index (κ1) is 21.4. The summed E-state index contributed by atoms with van der Waals surface area (Å²) in [6.45, 7) is 0. The molecule has 0 aromatic heterocycles. The lowest BCUT2D eigenvalue weighted by Crippen LogP contribution is -2.40. The van der Waals surface area contributed by atoms with Crippen LogP contribution in [-0.2, 0) is 11.0 Å². The maximum Gasteiger partial charge on any atom is 0.416 e. The first-order valence-corrected chi connectivity index (χ1v) is 10.6. The second-order valence-corrected chi connectivity index (χ2v) is 8.70. The molecule has 10 heteroatoms. The van der Waals surface area contributed by atoms with E-state index in [9.17, 15) is 22.8 Å². The van der Waals surface area contributed by atoms with Gasteiger partial charge in [0.25, 0.3) is 0 Å². The maximum atomic E-state index is 13.5. The van der Waals surface area contributed by atoms with E-state index >= 15 is 0 Å². The summed E-state index contributed by atoms with van der Waals surface area (Å²) in [5.74, 6) is -0.900. The van der Waals surface area contributed by atoms with Gasteiger partial charge in [0.15, 0.2) is 0 Å². The zero-order chi connectivity index (χ0) is 22.2. The number of carbonyl (C=O) groups is 2. The molecular weight excluding hydrogens is 431 g/mol. The molecule has 1 aliphatic heterocycles. The van der Waals surface area contributed by atoms with Crippen LogP contribution in [0.2, 0.25) is 0 Å². The van der Waals surface area contributed by atoms with Crippen LogP contribution in [0.1, 0.15) is 31.2 Å². The zero-order valence-electron chi connectivity index (χ0n) is 16.3. The number of carboxylic acid groups (broad SMARTS) is 1. The Morgan fingerprint density at radius 2 is 1.90 bits per heavy atom. The Hall–Kier alpha value is -2.88. The molecule has 31 heavy (non-hydrogen) atoms. The van der Waals surface area contributed by atoms with Crippen molar-refractivity contribution in [2.24, 2.45) is 5.92 Å². The van der Waals surface area contributed by atoms with Crippen molar-refractivity contribution in [3.63, 3.8) is 0 Å². The molecular formula is C21H20F3N3O3S. The summed E-state index contributed by atoms with van der Waals surface area (Å²) in [6.07, 6.45) is -3.57. The third kappa shape index (κ3) is 4.73. The van der Waals surface area contributed by atoms with Crippen molar-refractivity contribution in [1.82, 2.24) is 5.32 Å². The van der Waals surface area contributed by atoms with Crippen molar-refractivity contribution in [3.05, 3.63) is 42.0 Å². The molecule has 2 atom stereocenters. The molecule has 4 N–H and O–H groups in total. The molecule has 164 valence electrons. The highest BCUT2D eigenvalue weighted by atomic mass is 32.2. The largest absolute Gasteiger partial charge is 0.465 e. The standard InChI is InChI=1S/C21H20F3N3O3S/c22-21(23,24)12-9-15(18-17(10-12)31-16-7-2-1-6-14(16)26-18)27-19(28)11-4-3-5-13(8-11)25-20(29)30/h1-2,6-7,9-11,13,25-26H,3-5,8H2,(H,27,28)(H,29,30). The third-order valence-corrected chi connectivity index (χ3v) is 6.54. The summed E-state index contributed by atoms with van der Waals surface area (Å²) in [5, 5.41) is 17.1. The number of para-hydroxylation sites is 1. The van der Waals surface area contributed by atoms with Crippen LogP contribution in [0.25, 0.3) is 0 Å². The van der Waals surface area contributed by atoms with Gasteiger partial charge in [-0.3, -0.25) is 4.79 Å². The van der Waals surface area contributed by atoms with Gasteiger partial charge in [0.2, 0.25) is 5.91 Å². The van der Waals surface area contributed by atoms with E-state index in [1.165, 1.54) is 11.8 Å². The summed E-state index contributed by atoms with van der Waals surface area (Å²) in [7, 11) is 0. The van der Waals surface area contributed by atoms with E-state index in [2.05, 4.69) is 16.0 Å². The van der Waals surface area contributed by atoms with E-state index in [0.717, 1.165) is 22.7 Å². The quantitative estimate of drug-likeness (QED) is 0.411. The lowest BCUT2D eigenvalue weighted by atomic mass is 9.85. The van der Waals surface area contributed by atoms with Gasteiger partial charge in [0.1, 0.15) is 0 Å².